The zero-order valence-corrected chi connectivity index (χ0v) is 32.2. The summed E-state index contributed by atoms with van der Waals surface area (Å²) >= 11 is 6.65. The number of piperazine rings is 1. The molecule has 0 spiro atoms. The third kappa shape index (κ3) is 6.49. The van der Waals surface area contributed by atoms with Crippen LogP contribution in [-0.2, 0) is 10.0 Å². The van der Waals surface area contributed by atoms with Crippen molar-refractivity contribution in [1.82, 2.24) is 39.3 Å². The Hall–Kier alpha value is -4.96. The molecule has 4 aliphatic rings. The number of halogens is 2. The molecular weight excluding hydrogens is 755 g/mol. The van der Waals surface area contributed by atoms with Gasteiger partial charge in [0.25, 0.3) is 10.0 Å². The fourth-order valence-corrected chi connectivity index (χ4v) is 9.91. The summed E-state index contributed by atoms with van der Waals surface area (Å²) in [6.45, 7) is 2.45. The van der Waals surface area contributed by atoms with Gasteiger partial charge >= 0.3 is 6.01 Å². The normalized spacial score (nSPS) is 22.7. The van der Waals surface area contributed by atoms with Crippen molar-refractivity contribution in [2.45, 2.75) is 67.1 Å². The predicted octanol–water partition coefficient (Wildman–Crippen LogP) is 5.85. The van der Waals surface area contributed by atoms with E-state index in [2.05, 4.69) is 35.5 Å². The summed E-state index contributed by atoms with van der Waals surface area (Å²) in [6.07, 6.45) is 7.80. The number of nitrogens with one attached hydrogen (secondary N) is 2. The maximum Gasteiger partial charge on any atom is 0.319 e. The van der Waals surface area contributed by atoms with E-state index >= 15 is 4.39 Å². The third-order valence-corrected chi connectivity index (χ3v) is 13.4. The second kappa shape index (κ2) is 13.9. The van der Waals surface area contributed by atoms with Gasteiger partial charge < -0.3 is 20.3 Å². The molecule has 56 heavy (non-hydrogen) atoms. The SMILES string of the molecule is CN1C[C@H](Nc2cccc(S(=O)(=O)n3cnc(C4CC4)n3)c2)C[C@H]1COc1nc(N2CC3CCC(C2)N3)c2cnc(-c3cccc4cccc(Cl)c34)c(F)c2n1. The van der Waals surface area contributed by atoms with Crippen LogP contribution in [0.25, 0.3) is 32.9 Å². The maximum atomic E-state index is 16.9. The summed E-state index contributed by atoms with van der Waals surface area (Å²) in [5.74, 6) is 0.880. The van der Waals surface area contributed by atoms with Crippen LogP contribution in [-0.4, -0.2) is 99.9 Å². The second-order valence-corrected chi connectivity index (χ2v) is 17.7. The minimum atomic E-state index is -3.89. The van der Waals surface area contributed by atoms with Crippen LogP contribution in [0.2, 0.25) is 5.02 Å². The van der Waals surface area contributed by atoms with Crippen molar-refractivity contribution in [3.05, 3.63) is 89.9 Å². The van der Waals surface area contributed by atoms with Crippen molar-refractivity contribution in [2.24, 2.45) is 0 Å². The number of nitrogens with zero attached hydrogens (tertiary/aromatic N) is 8. The largest absolute Gasteiger partial charge is 0.462 e. The number of rotatable bonds is 10. The van der Waals surface area contributed by atoms with E-state index < -0.39 is 15.8 Å². The molecule has 288 valence electrons. The number of hydrogen-bond acceptors (Lipinski definition) is 12. The molecule has 6 heterocycles. The van der Waals surface area contributed by atoms with Crippen LogP contribution >= 0.6 is 11.6 Å². The Labute approximate surface area is 328 Å². The molecule has 3 aliphatic heterocycles. The van der Waals surface area contributed by atoms with E-state index in [0.29, 0.717) is 58.4 Å². The minimum absolute atomic E-state index is 0.0103. The first kappa shape index (κ1) is 35.5. The molecule has 2 unspecified atom stereocenters. The Kier molecular flexibility index (Phi) is 8.80. The molecule has 16 heteroatoms. The fourth-order valence-electron chi connectivity index (χ4n) is 8.52. The topological polar surface area (TPSA) is 143 Å². The van der Waals surface area contributed by atoms with Gasteiger partial charge in [-0.05, 0) is 68.8 Å². The van der Waals surface area contributed by atoms with E-state index in [1.165, 1.54) is 6.33 Å². The summed E-state index contributed by atoms with van der Waals surface area (Å²) < 4.78 is 50.9. The number of pyridine rings is 1. The van der Waals surface area contributed by atoms with E-state index in [4.69, 9.17) is 26.3 Å². The Morgan fingerprint density at radius 1 is 0.982 bits per heavy atom. The molecule has 1 saturated carbocycles. The number of likely N-dealkylation sites (N-methyl/N-ethyl adjacent to an activating group) is 1. The number of benzene rings is 3. The zero-order valence-electron chi connectivity index (χ0n) is 30.6. The lowest BCUT2D eigenvalue weighted by molar-refractivity contribution is 0.188. The highest BCUT2D eigenvalue weighted by molar-refractivity contribution is 7.89. The van der Waals surface area contributed by atoms with E-state index in [1.54, 1.807) is 30.5 Å². The molecule has 2 N–H and O–H groups in total. The van der Waals surface area contributed by atoms with E-state index in [0.717, 1.165) is 53.6 Å². The molecule has 2 bridgehead atoms. The number of likely N-dealkylation sites (tertiary alicyclic amines) is 1. The number of anilines is 2. The summed E-state index contributed by atoms with van der Waals surface area (Å²) in [7, 11) is -1.87. The number of aromatic nitrogens is 6. The highest BCUT2D eigenvalue weighted by atomic mass is 35.5. The van der Waals surface area contributed by atoms with Crippen molar-refractivity contribution < 1.29 is 17.5 Å². The van der Waals surface area contributed by atoms with E-state index in [-0.39, 0.29) is 46.7 Å². The quantitative estimate of drug-likeness (QED) is 0.172. The predicted molar refractivity (Wildman–Crippen MR) is 212 cm³/mol. The molecule has 3 saturated heterocycles. The molecule has 0 amide bonds. The highest BCUT2D eigenvalue weighted by Crippen LogP contribution is 2.39. The molecule has 4 fully saturated rings. The highest BCUT2D eigenvalue weighted by Gasteiger charge is 2.35. The van der Waals surface area contributed by atoms with Crippen molar-refractivity contribution in [3.8, 4) is 17.3 Å². The molecule has 6 aromatic rings. The van der Waals surface area contributed by atoms with Gasteiger partial charge in [-0.15, -0.1) is 9.19 Å². The third-order valence-electron chi connectivity index (χ3n) is 11.5. The van der Waals surface area contributed by atoms with Crippen molar-refractivity contribution in [2.75, 3.05) is 43.5 Å². The Morgan fingerprint density at radius 3 is 2.57 bits per heavy atom. The molecule has 1 aliphatic carbocycles. The van der Waals surface area contributed by atoms with Crippen LogP contribution in [0.1, 0.15) is 43.8 Å². The standard InChI is InChI=1S/C40H40ClFN10O3S/c1-50-18-28(45-25-7-4-8-30(16-25)56(53,54)52-22-44-38(49-52)24-11-12-24)15-29(50)21-55-40-47-37-32(39(48-40)51-19-26-13-14-27(20-51)46-26)17-43-36(35(37)42)31-9-2-5-23-6-3-10-33(41)34(23)31/h2-10,16-17,22,24,26-29,45-46H,11-15,18-21H2,1H3/t26?,27?,28-,29+/m1/s1. The molecular formula is C40H40ClFN10O3S. The van der Waals surface area contributed by atoms with Gasteiger partial charge in [0.2, 0.25) is 0 Å². The first-order valence-corrected chi connectivity index (χ1v) is 20.9. The first-order chi connectivity index (χ1) is 27.2. The summed E-state index contributed by atoms with van der Waals surface area (Å²) in [5, 5.41) is 14.1. The van der Waals surface area contributed by atoms with Crippen LogP contribution in [0.5, 0.6) is 6.01 Å². The van der Waals surface area contributed by atoms with Crippen LogP contribution < -0.4 is 20.3 Å². The van der Waals surface area contributed by atoms with Crippen LogP contribution in [0.3, 0.4) is 0 Å². The van der Waals surface area contributed by atoms with Crippen molar-refractivity contribution >= 4 is 54.8 Å². The first-order valence-electron chi connectivity index (χ1n) is 19.1. The van der Waals surface area contributed by atoms with E-state index in [1.807, 2.05) is 43.4 Å². The van der Waals surface area contributed by atoms with Gasteiger partial charge in [-0.25, -0.2) is 9.37 Å². The lowest BCUT2D eigenvalue weighted by atomic mass is 10.0. The van der Waals surface area contributed by atoms with Gasteiger partial charge in [-0.1, -0.05) is 48.0 Å². The van der Waals surface area contributed by atoms with Crippen molar-refractivity contribution in [3.63, 3.8) is 0 Å². The van der Waals surface area contributed by atoms with E-state index in [9.17, 15) is 8.42 Å². The molecule has 13 nitrogen and oxygen atoms in total. The van der Waals surface area contributed by atoms with Crippen LogP contribution in [0, 0.1) is 5.82 Å². The summed E-state index contributed by atoms with van der Waals surface area (Å²) in [5.41, 5.74) is 1.59. The Morgan fingerprint density at radius 2 is 1.77 bits per heavy atom. The zero-order chi connectivity index (χ0) is 38.1. The molecule has 0 radical (unpaired) electrons. The maximum absolute atomic E-state index is 16.9. The number of hydrogen-bond donors (Lipinski definition) is 2. The van der Waals surface area contributed by atoms with Gasteiger partial charge in [0.15, 0.2) is 11.6 Å². The fraction of sp³-hybridized carbons (Fsp3) is 0.375. The average Bonchev–Trinajstić information content (AvgIpc) is 3.66. The van der Waals surface area contributed by atoms with Gasteiger partial charge in [0, 0.05) is 77.6 Å². The molecule has 4 atom stereocenters. The molecule has 10 rings (SSSR count). The number of ether oxygens (including phenoxy) is 1. The smallest absolute Gasteiger partial charge is 0.319 e. The Bertz CT molecular complexity index is 2590. The Balaban J connectivity index is 0.905. The monoisotopic (exact) mass is 794 g/mol. The summed E-state index contributed by atoms with van der Waals surface area (Å²) in [6, 6.07) is 18.8. The van der Waals surface area contributed by atoms with Gasteiger partial charge in [0.05, 0.1) is 10.3 Å². The molecule has 3 aromatic carbocycles. The average molecular weight is 795 g/mol. The number of fused-ring (bicyclic) bond motifs is 4. The van der Waals surface area contributed by atoms with Crippen LogP contribution in [0.15, 0.2) is 78.1 Å². The van der Waals surface area contributed by atoms with Gasteiger partial charge in [-0.3, -0.25) is 9.88 Å². The second-order valence-electron chi connectivity index (χ2n) is 15.5. The van der Waals surface area contributed by atoms with Gasteiger partial charge in [0.1, 0.15) is 30.0 Å². The van der Waals surface area contributed by atoms with Gasteiger partial charge in [-0.2, -0.15) is 18.4 Å². The minimum Gasteiger partial charge on any atom is -0.462 e. The lowest BCUT2D eigenvalue weighted by Crippen LogP contribution is -2.51. The van der Waals surface area contributed by atoms with Crippen LogP contribution in [0.4, 0.5) is 15.9 Å². The summed E-state index contributed by atoms with van der Waals surface area (Å²) in [4.78, 5) is 23.0. The lowest BCUT2D eigenvalue weighted by Gasteiger charge is -2.34. The molecule has 3 aromatic heterocycles. The van der Waals surface area contributed by atoms with Crippen molar-refractivity contribution in [1.29, 1.82) is 0 Å².